The van der Waals surface area contributed by atoms with Crippen LogP contribution >= 0.6 is 11.6 Å². The molecule has 0 amide bonds. The number of halogens is 1. The van der Waals surface area contributed by atoms with Crippen LogP contribution in [0.25, 0.3) is 22.7 Å². The maximum absolute atomic E-state index is 11.6. The molecule has 0 N–H and O–H groups in total. The number of piperidine rings is 1. The highest BCUT2D eigenvalue weighted by Crippen LogP contribution is 2.36. The van der Waals surface area contributed by atoms with Crippen molar-refractivity contribution in [3.8, 4) is 11.6 Å². The Balaban J connectivity index is 1.53. The van der Waals surface area contributed by atoms with Crippen molar-refractivity contribution in [2.75, 3.05) is 31.7 Å². The Kier molecular flexibility index (Phi) is 6.50. The normalized spacial score (nSPS) is 21.5. The van der Waals surface area contributed by atoms with E-state index in [2.05, 4.69) is 14.5 Å². The summed E-state index contributed by atoms with van der Waals surface area (Å²) in [5.74, 6) is 2.00. The Labute approximate surface area is 197 Å². The first-order valence-electron chi connectivity index (χ1n) is 11.6. The molecule has 10 heteroatoms. The number of fused-ring (bicyclic) bond motifs is 1. The van der Waals surface area contributed by atoms with Crippen LogP contribution in [0.4, 0.5) is 5.95 Å². The number of anilines is 1. The number of furan rings is 1. The van der Waals surface area contributed by atoms with Gasteiger partial charge in [-0.1, -0.05) is 11.6 Å². The Morgan fingerprint density at radius 1 is 1.24 bits per heavy atom. The van der Waals surface area contributed by atoms with Crippen LogP contribution in [0.2, 0.25) is 5.15 Å². The Morgan fingerprint density at radius 3 is 2.91 bits per heavy atom. The minimum atomic E-state index is -0.164. The van der Waals surface area contributed by atoms with E-state index in [9.17, 15) is 4.79 Å². The van der Waals surface area contributed by atoms with Gasteiger partial charge in [0.2, 0.25) is 5.95 Å². The first-order chi connectivity index (χ1) is 16.1. The maximum atomic E-state index is 11.6. The molecule has 3 aromatic heterocycles. The van der Waals surface area contributed by atoms with Crippen LogP contribution in [-0.4, -0.2) is 52.3 Å². The highest BCUT2D eigenvalue weighted by Gasteiger charge is 2.31. The van der Waals surface area contributed by atoms with Crippen LogP contribution in [0.1, 0.15) is 51.2 Å². The molecular weight excluding hydrogens is 446 g/mol. The van der Waals surface area contributed by atoms with Crippen LogP contribution in [0.3, 0.4) is 0 Å². The second kappa shape index (κ2) is 9.69. The summed E-state index contributed by atoms with van der Waals surface area (Å²) < 4.78 is 18.6. The topological polar surface area (TPSA) is 95.5 Å². The van der Waals surface area contributed by atoms with E-state index in [0.29, 0.717) is 46.8 Å². The lowest BCUT2D eigenvalue weighted by Crippen LogP contribution is -2.38. The van der Waals surface area contributed by atoms with Crippen molar-refractivity contribution in [3.63, 3.8) is 0 Å². The van der Waals surface area contributed by atoms with Gasteiger partial charge in [0.05, 0.1) is 13.4 Å². The zero-order chi connectivity index (χ0) is 22.8. The lowest BCUT2D eigenvalue weighted by Gasteiger charge is -2.35. The van der Waals surface area contributed by atoms with E-state index < -0.39 is 0 Å². The quantitative estimate of drug-likeness (QED) is 0.378. The molecule has 0 saturated carbocycles. The third kappa shape index (κ3) is 4.56. The first kappa shape index (κ1) is 22.2. The van der Waals surface area contributed by atoms with E-state index in [1.165, 1.54) is 7.11 Å². The number of rotatable bonds is 6. The predicted molar refractivity (Wildman–Crippen MR) is 123 cm³/mol. The van der Waals surface area contributed by atoms with Crippen LogP contribution in [0.15, 0.2) is 22.8 Å². The summed E-state index contributed by atoms with van der Waals surface area (Å²) in [6.45, 7) is 2.39. The van der Waals surface area contributed by atoms with Crippen molar-refractivity contribution in [3.05, 3.63) is 23.5 Å². The fraction of sp³-hybridized carbons (Fsp3) is 0.565. The molecule has 0 bridgehead atoms. The van der Waals surface area contributed by atoms with Gasteiger partial charge in [0.25, 0.3) is 0 Å². The molecule has 0 radical (unpaired) electrons. The molecule has 0 aliphatic carbocycles. The monoisotopic (exact) mass is 473 g/mol. The number of nitrogens with zero attached hydrogens (tertiary/aromatic N) is 5. The first-order valence-corrected chi connectivity index (χ1v) is 11.9. The van der Waals surface area contributed by atoms with Gasteiger partial charge in [-0.25, -0.2) is 15.0 Å². The smallest absolute Gasteiger partial charge is 0.305 e. The number of esters is 1. The third-order valence-electron chi connectivity index (χ3n) is 6.45. The minimum absolute atomic E-state index is 0.162. The van der Waals surface area contributed by atoms with Gasteiger partial charge in [0, 0.05) is 26.1 Å². The molecule has 5 heterocycles. The highest BCUT2D eigenvalue weighted by atomic mass is 35.5. The van der Waals surface area contributed by atoms with E-state index in [4.69, 9.17) is 35.5 Å². The number of hydrogen-bond donors (Lipinski definition) is 0. The van der Waals surface area contributed by atoms with Crippen LogP contribution in [0, 0.1) is 5.92 Å². The fourth-order valence-electron chi connectivity index (χ4n) is 4.77. The molecule has 2 saturated heterocycles. The van der Waals surface area contributed by atoms with Gasteiger partial charge in [0.15, 0.2) is 22.4 Å². The highest BCUT2D eigenvalue weighted by molar-refractivity contribution is 6.33. The Hall–Kier alpha value is -2.65. The van der Waals surface area contributed by atoms with Crippen molar-refractivity contribution in [1.82, 2.24) is 19.5 Å². The molecule has 0 spiro atoms. The van der Waals surface area contributed by atoms with E-state index in [-0.39, 0.29) is 12.2 Å². The van der Waals surface area contributed by atoms with E-state index >= 15 is 0 Å². The van der Waals surface area contributed by atoms with Crippen molar-refractivity contribution in [2.45, 2.75) is 51.2 Å². The van der Waals surface area contributed by atoms with Gasteiger partial charge in [-0.05, 0) is 56.6 Å². The predicted octanol–water partition coefficient (Wildman–Crippen LogP) is 4.61. The number of imidazole rings is 1. The second-order valence-electron chi connectivity index (χ2n) is 8.66. The molecular formula is C23H28ClN5O4. The number of aromatic nitrogens is 4. The Morgan fingerprint density at radius 2 is 2.15 bits per heavy atom. The van der Waals surface area contributed by atoms with Crippen LogP contribution < -0.4 is 4.90 Å². The average Bonchev–Trinajstić information content (AvgIpc) is 3.52. The summed E-state index contributed by atoms with van der Waals surface area (Å²) in [6, 6.07) is 3.61. The van der Waals surface area contributed by atoms with Gasteiger partial charge < -0.3 is 18.8 Å². The van der Waals surface area contributed by atoms with Gasteiger partial charge >= 0.3 is 5.97 Å². The summed E-state index contributed by atoms with van der Waals surface area (Å²) in [6.07, 6.45) is 7.77. The van der Waals surface area contributed by atoms with Crippen molar-refractivity contribution >= 4 is 34.7 Å². The average molecular weight is 474 g/mol. The molecule has 9 nitrogen and oxygen atoms in total. The summed E-state index contributed by atoms with van der Waals surface area (Å²) in [5, 5.41) is 0.293. The summed E-state index contributed by atoms with van der Waals surface area (Å²) in [4.78, 5) is 28.1. The van der Waals surface area contributed by atoms with Crippen molar-refractivity contribution in [2.24, 2.45) is 5.92 Å². The maximum Gasteiger partial charge on any atom is 0.305 e. The molecule has 3 aromatic rings. The summed E-state index contributed by atoms with van der Waals surface area (Å²) in [5.41, 5.74) is 1.22. The van der Waals surface area contributed by atoms with E-state index in [1.54, 1.807) is 12.3 Å². The molecule has 0 aromatic carbocycles. The molecule has 2 atom stereocenters. The zero-order valence-electron chi connectivity index (χ0n) is 18.7. The molecule has 2 aliphatic heterocycles. The second-order valence-corrected chi connectivity index (χ2v) is 9.02. The molecule has 2 unspecified atom stereocenters. The van der Waals surface area contributed by atoms with Gasteiger partial charge in [0.1, 0.15) is 11.7 Å². The van der Waals surface area contributed by atoms with Crippen molar-refractivity contribution < 1.29 is 18.7 Å². The minimum Gasteiger partial charge on any atom is -0.469 e. The van der Waals surface area contributed by atoms with Crippen LogP contribution in [0.5, 0.6) is 0 Å². The number of ether oxygens (including phenoxy) is 2. The summed E-state index contributed by atoms with van der Waals surface area (Å²) in [7, 11) is 1.43. The standard InChI is InChI=1S/C23H28ClN5O4/c1-31-18(30)10-9-15-6-4-11-28(14-15)23-25-19-20(24)26-21(16-7-5-13-32-16)27-22(19)29(23)17-8-2-3-12-33-17/h5,7,13,15,17H,2-4,6,8-12,14H2,1H3. The largest absolute Gasteiger partial charge is 0.469 e. The van der Waals surface area contributed by atoms with Crippen molar-refractivity contribution in [1.29, 1.82) is 0 Å². The van der Waals surface area contributed by atoms with E-state index in [1.807, 2.05) is 6.07 Å². The lowest BCUT2D eigenvalue weighted by atomic mass is 9.93. The fourth-order valence-corrected chi connectivity index (χ4v) is 4.97. The molecule has 176 valence electrons. The van der Waals surface area contributed by atoms with Crippen LogP contribution in [-0.2, 0) is 14.3 Å². The number of hydrogen-bond acceptors (Lipinski definition) is 8. The molecule has 2 fully saturated rings. The lowest BCUT2D eigenvalue weighted by molar-refractivity contribution is -0.140. The van der Waals surface area contributed by atoms with Gasteiger partial charge in [-0.2, -0.15) is 0 Å². The Bertz CT molecular complexity index is 1110. The molecule has 2 aliphatic rings. The van der Waals surface area contributed by atoms with Gasteiger partial charge in [-0.15, -0.1) is 0 Å². The number of carbonyl (C=O) groups is 1. The zero-order valence-corrected chi connectivity index (χ0v) is 19.5. The molecule has 5 rings (SSSR count). The number of methoxy groups -OCH3 is 1. The SMILES string of the molecule is COC(=O)CCC1CCCN(c2nc3c(Cl)nc(-c4ccco4)nc3n2C2CCCCO2)C1. The third-order valence-corrected chi connectivity index (χ3v) is 6.71. The number of carbonyl (C=O) groups excluding carboxylic acids is 1. The van der Waals surface area contributed by atoms with Gasteiger partial charge in [-0.3, -0.25) is 9.36 Å². The summed E-state index contributed by atoms with van der Waals surface area (Å²) >= 11 is 6.59. The molecule has 33 heavy (non-hydrogen) atoms. The van der Waals surface area contributed by atoms with E-state index in [0.717, 1.165) is 57.6 Å².